The van der Waals surface area contributed by atoms with Crippen molar-refractivity contribution in [1.29, 1.82) is 0 Å². The number of nitrogens with zero attached hydrogens (tertiary/aromatic N) is 1. The summed E-state index contributed by atoms with van der Waals surface area (Å²) in [4.78, 5) is 4.43. The van der Waals surface area contributed by atoms with E-state index in [1.807, 2.05) is 11.6 Å². The maximum atomic E-state index is 4.43. The SMILES string of the molecule is CC(C)(NCc1ccccc1C1CC1)c1nccs1. The molecular weight excluding hydrogens is 252 g/mol. The van der Waals surface area contributed by atoms with Gasteiger partial charge in [0.1, 0.15) is 5.01 Å². The van der Waals surface area contributed by atoms with E-state index in [0.717, 1.165) is 17.5 Å². The van der Waals surface area contributed by atoms with Crippen molar-refractivity contribution in [3.63, 3.8) is 0 Å². The first-order valence-corrected chi connectivity index (χ1v) is 7.77. The molecule has 0 bridgehead atoms. The highest BCUT2D eigenvalue weighted by Crippen LogP contribution is 2.41. The van der Waals surface area contributed by atoms with Crippen LogP contribution in [0.25, 0.3) is 0 Å². The number of hydrogen-bond acceptors (Lipinski definition) is 3. The van der Waals surface area contributed by atoms with Crippen molar-refractivity contribution in [2.24, 2.45) is 0 Å². The first kappa shape index (κ1) is 12.8. The molecule has 1 fully saturated rings. The van der Waals surface area contributed by atoms with Gasteiger partial charge in [0, 0.05) is 18.1 Å². The second-order valence-corrected chi connectivity index (χ2v) is 6.68. The Labute approximate surface area is 118 Å². The molecule has 0 radical (unpaired) electrons. The van der Waals surface area contributed by atoms with E-state index in [9.17, 15) is 0 Å². The van der Waals surface area contributed by atoms with Gasteiger partial charge in [0.2, 0.25) is 0 Å². The van der Waals surface area contributed by atoms with E-state index < -0.39 is 0 Å². The second-order valence-electron chi connectivity index (χ2n) is 5.79. The Morgan fingerprint density at radius 1 is 1.32 bits per heavy atom. The van der Waals surface area contributed by atoms with Crippen molar-refractivity contribution in [2.75, 3.05) is 0 Å². The average molecular weight is 272 g/mol. The van der Waals surface area contributed by atoms with Gasteiger partial charge in [-0.25, -0.2) is 4.98 Å². The Bertz CT molecular complexity index is 542. The zero-order valence-electron chi connectivity index (χ0n) is 11.5. The lowest BCUT2D eigenvalue weighted by molar-refractivity contribution is 0.398. The smallest absolute Gasteiger partial charge is 0.112 e. The molecule has 1 heterocycles. The Kier molecular flexibility index (Phi) is 3.42. The number of hydrogen-bond donors (Lipinski definition) is 1. The van der Waals surface area contributed by atoms with Gasteiger partial charge in [0.05, 0.1) is 5.54 Å². The molecule has 0 spiro atoms. The number of aromatic nitrogens is 1. The molecule has 3 rings (SSSR count). The summed E-state index contributed by atoms with van der Waals surface area (Å²) < 4.78 is 0. The topological polar surface area (TPSA) is 24.9 Å². The fraction of sp³-hybridized carbons (Fsp3) is 0.438. The molecule has 1 aliphatic carbocycles. The zero-order valence-corrected chi connectivity index (χ0v) is 12.3. The highest BCUT2D eigenvalue weighted by Gasteiger charge is 2.27. The van der Waals surface area contributed by atoms with Gasteiger partial charge in [-0.15, -0.1) is 11.3 Å². The lowest BCUT2D eigenvalue weighted by Gasteiger charge is -2.24. The molecule has 19 heavy (non-hydrogen) atoms. The number of benzene rings is 1. The third-order valence-corrected chi connectivity index (χ3v) is 4.86. The third-order valence-electron chi connectivity index (χ3n) is 3.76. The molecule has 2 nitrogen and oxygen atoms in total. The third kappa shape index (κ3) is 2.88. The minimum absolute atomic E-state index is 0.0647. The summed E-state index contributed by atoms with van der Waals surface area (Å²) in [6, 6.07) is 8.83. The summed E-state index contributed by atoms with van der Waals surface area (Å²) in [5.41, 5.74) is 2.91. The molecule has 0 saturated heterocycles. The fourth-order valence-electron chi connectivity index (χ4n) is 2.41. The van der Waals surface area contributed by atoms with E-state index in [2.05, 4.69) is 48.4 Å². The molecular formula is C16H20N2S. The normalized spacial score (nSPS) is 15.7. The Morgan fingerprint density at radius 2 is 2.11 bits per heavy atom. The second kappa shape index (κ2) is 5.06. The van der Waals surface area contributed by atoms with Crippen LogP contribution in [0.15, 0.2) is 35.8 Å². The van der Waals surface area contributed by atoms with Crippen LogP contribution in [-0.4, -0.2) is 4.98 Å². The molecule has 0 atom stereocenters. The van der Waals surface area contributed by atoms with E-state index >= 15 is 0 Å². The van der Waals surface area contributed by atoms with Crippen LogP contribution in [0, 0.1) is 0 Å². The summed E-state index contributed by atoms with van der Waals surface area (Å²) in [6.07, 6.45) is 4.58. The maximum Gasteiger partial charge on any atom is 0.112 e. The Balaban J connectivity index is 1.72. The molecule has 1 aromatic carbocycles. The quantitative estimate of drug-likeness (QED) is 0.888. The number of nitrogens with one attached hydrogen (secondary N) is 1. The van der Waals surface area contributed by atoms with Gasteiger partial charge in [-0.3, -0.25) is 0 Å². The minimum atomic E-state index is -0.0647. The van der Waals surface area contributed by atoms with Crippen molar-refractivity contribution in [2.45, 2.75) is 44.7 Å². The summed E-state index contributed by atoms with van der Waals surface area (Å²) >= 11 is 1.71. The zero-order chi connectivity index (χ0) is 13.3. The van der Waals surface area contributed by atoms with Crippen LogP contribution in [0.2, 0.25) is 0 Å². The summed E-state index contributed by atoms with van der Waals surface area (Å²) in [5, 5.41) is 6.84. The van der Waals surface area contributed by atoms with Crippen LogP contribution in [0.3, 0.4) is 0 Å². The van der Waals surface area contributed by atoms with Gasteiger partial charge >= 0.3 is 0 Å². The van der Waals surface area contributed by atoms with Crippen LogP contribution in [-0.2, 0) is 12.1 Å². The fourth-order valence-corrected chi connectivity index (χ4v) is 3.15. The lowest BCUT2D eigenvalue weighted by atomic mass is 10.0. The van der Waals surface area contributed by atoms with E-state index in [1.54, 1.807) is 11.3 Å². The lowest BCUT2D eigenvalue weighted by Crippen LogP contribution is -2.36. The van der Waals surface area contributed by atoms with E-state index in [-0.39, 0.29) is 5.54 Å². The standard InChI is InChI=1S/C16H20N2S/c1-16(2,15-17-9-10-19-15)18-11-13-5-3-4-6-14(13)12-7-8-12/h3-6,9-10,12,18H,7-8,11H2,1-2H3. The van der Waals surface area contributed by atoms with E-state index in [1.165, 1.54) is 24.0 Å². The summed E-state index contributed by atoms with van der Waals surface area (Å²) in [7, 11) is 0. The van der Waals surface area contributed by atoms with Crippen molar-refractivity contribution in [3.8, 4) is 0 Å². The molecule has 1 saturated carbocycles. The number of rotatable bonds is 5. The summed E-state index contributed by atoms with van der Waals surface area (Å²) in [6.45, 7) is 5.32. The monoisotopic (exact) mass is 272 g/mol. The van der Waals surface area contributed by atoms with Crippen LogP contribution in [0.5, 0.6) is 0 Å². The van der Waals surface area contributed by atoms with E-state index in [0.29, 0.717) is 0 Å². The van der Waals surface area contributed by atoms with Gasteiger partial charge in [-0.2, -0.15) is 0 Å². The predicted molar refractivity (Wildman–Crippen MR) is 80.4 cm³/mol. The molecule has 2 aromatic rings. The largest absolute Gasteiger partial charge is 0.302 e. The highest BCUT2D eigenvalue weighted by atomic mass is 32.1. The number of thiazole rings is 1. The molecule has 1 aliphatic rings. The molecule has 0 aliphatic heterocycles. The molecule has 1 N–H and O–H groups in total. The average Bonchev–Trinajstić information content (AvgIpc) is 3.10. The Hall–Kier alpha value is -1.19. The van der Waals surface area contributed by atoms with Crippen molar-refractivity contribution in [3.05, 3.63) is 52.0 Å². The summed E-state index contributed by atoms with van der Waals surface area (Å²) in [5.74, 6) is 0.806. The molecule has 100 valence electrons. The van der Waals surface area contributed by atoms with Gasteiger partial charge in [-0.1, -0.05) is 24.3 Å². The van der Waals surface area contributed by atoms with Crippen LogP contribution >= 0.6 is 11.3 Å². The molecule has 0 amide bonds. The first-order chi connectivity index (χ1) is 9.17. The van der Waals surface area contributed by atoms with Crippen LogP contribution in [0.4, 0.5) is 0 Å². The van der Waals surface area contributed by atoms with E-state index in [4.69, 9.17) is 0 Å². The van der Waals surface area contributed by atoms with Crippen molar-refractivity contribution in [1.82, 2.24) is 10.3 Å². The first-order valence-electron chi connectivity index (χ1n) is 6.89. The van der Waals surface area contributed by atoms with Crippen LogP contribution < -0.4 is 5.32 Å². The van der Waals surface area contributed by atoms with Gasteiger partial charge < -0.3 is 5.32 Å². The van der Waals surface area contributed by atoms with Crippen molar-refractivity contribution < 1.29 is 0 Å². The maximum absolute atomic E-state index is 4.43. The van der Waals surface area contributed by atoms with Gasteiger partial charge in [0.25, 0.3) is 0 Å². The molecule has 1 aromatic heterocycles. The highest BCUT2D eigenvalue weighted by molar-refractivity contribution is 7.09. The molecule has 0 unspecified atom stereocenters. The van der Waals surface area contributed by atoms with Gasteiger partial charge in [-0.05, 0) is 43.7 Å². The van der Waals surface area contributed by atoms with Gasteiger partial charge in [0.15, 0.2) is 0 Å². The minimum Gasteiger partial charge on any atom is -0.302 e. The van der Waals surface area contributed by atoms with Crippen LogP contribution in [0.1, 0.15) is 48.7 Å². The molecule has 3 heteroatoms. The Morgan fingerprint density at radius 3 is 2.79 bits per heavy atom. The van der Waals surface area contributed by atoms with Crippen molar-refractivity contribution >= 4 is 11.3 Å². The predicted octanol–water partition coefficient (Wildman–Crippen LogP) is 4.05.